The van der Waals surface area contributed by atoms with Crippen molar-refractivity contribution in [2.75, 3.05) is 0 Å². The summed E-state index contributed by atoms with van der Waals surface area (Å²) >= 11 is 0. The van der Waals surface area contributed by atoms with Crippen molar-refractivity contribution in [1.82, 2.24) is 4.90 Å². The van der Waals surface area contributed by atoms with E-state index < -0.39 is 0 Å². The zero-order chi connectivity index (χ0) is 17.3. The second-order valence-corrected chi connectivity index (χ2v) is 6.34. The van der Waals surface area contributed by atoms with Gasteiger partial charge in [0.2, 0.25) is 0 Å². The van der Waals surface area contributed by atoms with E-state index >= 15 is 0 Å². The molecule has 1 saturated carbocycles. The molecule has 0 atom stereocenters. The highest BCUT2D eigenvalue weighted by molar-refractivity contribution is 5.34. The number of rotatable bonds is 3. The molecule has 2 aromatic rings. The van der Waals surface area contributed by atoms with Gasteiger partial charge >= 0.3 is 0 Å². The topological polar surface area (TPSA) is 23.5 Å². The van der Waals surface area contributed by atoms with Crippen LogP contribution in [0.1, 0.15) is 42.9 Å². The van der Waals surface area contributed by atoms with Gasteiger partial charge in [-0.3, -0.25) is 0 Å². The van der Waals surface area contributed by atoms with Crippen molar-refractivity contribution >= 4 is 0 Å². The average molecular weight is 331 g/mol. The maximum absolute atomic E-state index is 9.89. The first-order valence-electron chi connectivity index (χ1n) is 8.97. The fourth-order valence-electron chi connectivity index (χ4n) is 2.76. The maximum Gasteiger partial charge on any atom is 0.131 e. The number of benzene rings is 2. The molecule has 0 bridgehead atoms. The quantitative estimate of drug-likeness (QED) is 0.732. The van der Waals surface area contributed by atoms with Crippen LogP contribution in [-0.2, 0) is 0 Å². The van der Waals surface area contributed by atoms with E-state index in [2.05, 4.69) is 24.3 Å². The molecule has 0 amide bonds. The lowest BCUT2D eigenvalue weighted by atomic mass is 9.97. The van der Waals surface area contributed by atoms with E-state index in [0.29, 0.717) is 0 Å². The summed E-state index contributed by atoms with van der Waals surface area (Å²) in [7, 11) is 0. The van der Waals surface area contributed by atoms with Gasteiger partial charge in [-0.2, -0.15) is 0 Å². The van der Waals surface area contributed by atoms with Crippen LogP contribution in [0.15, 0.2) is 97.1 Å². The number of aliphatic hydroxyl groups is 1. The number of aliphatic hydroxyl groups excluding tert-OH is 1. The minimum absolute atomic E-state index is 0.0331. The minimum atomic E-state index is 0.0331. The van der Waals surface area contributed by atoms with Gasteiger partial charge in [0, 0.05) is 12.4 Å². The van der Waals surface area contributed by atoms with Gasteiger partial charge in [-0.1, -0.05) is 92.4 Å². The Morgan fingerprint density at radius 2 is 1.24 bits per heavy atom. The summed E-state index contributed by atoms with van der Waals surface area (Å²) in [5.41, 5.74) is 2.36. The summed E-state index contributed by atoms with van der Waals surface area (Å²) in [6, 6.07) is 20.6. The molecule has 1 N–H and O–H groups in total. The number of hydrogen-bond donors (Lipinski definition) is 1. The van der Waals surface area contributed by atoms with Gasteiger partial charge in [0.1, 0.15) is 5.76 Å². The molecule has 2 heteroatoms. The smallest absolute Gasteiger partial charge is 0.131 e. The molecule has 1 heterocycles. The summed E-state index contributed by atoms with van der Waals surface area (Å²) < 4.78 is 0. The number of hydrogen-bond acceptors (Lipinski definition) is 2. The second kappa shape index (κ2) is 8.93. The predicted octanol–water partition coefficient (Wildman–Crippen LogP) is 6.12. The average Bonchev–Trinajstić information content (AvgIpc) is 2.80. The zero-order valence-electron chi connectivity index (χ0n) is 14.5. The van der Waals surface area contributed by atoms with E-state index in [1.807, 2.05) is 59.7 Å². The van der Waals surface area contributed by atoms with Gasteiger partial charge in [0.05, 0.1) is 6.04 Å². The molecule has 128 valence electrons. The van der Waals surface area contributed by atoms with Gasteiger partial charge in [0.15, 0.2) is 0 Å². The van der Waals surface area contributed by atoms with Crippen LogP contribution in [0.2, 0.25) is 0 Å². The summed E-state index contributed by atoms with van der Waals surface area (Å²) in [6.45, 7) is 0. The lowest BCUT2D eigenvalue weighted by molar-refractivity contribution is 0.376. The van der Waals surface area contributed by atoms with Crippen molar-refractivity contribution < 1.29 is 5.11 Å². The van der Waals surface area contributed by atoms with Crippen molar-refractivity contribution in [3.05, 3.63) is 108 Å². The molecule has 2 aliphatic rings. The Morgan fingerprint density at radius 3 is 1.72 bits per heavy atom. The number of allylic oxidation sites excluding steroid dienone is 3. The molecule has 0 radical (unpaired) electrons. The number of nitrogens with zero attached hydrogens (tertiary/aromatic N) is 1. The van der Waals surface area contributed by atoms with Crippen molar-refractivity contribution in [3.63, 3.8) is 0 Å². The van der Waals surface area contributed by atoms with Crippen molar-refractivity contribution in [2.45, 2.75) is 31.7 Å². The Balaban J connectivity index is 0.000000401. The van der Waals surface area contributed by atoms with Gasteiger partial charge in [0.25, 0.3) is 0 Å². The van der Waals surface area contributed by atoms with E-state index in [-0.39, 0.29) is 11.8 Å². The molecule has 25 heavy (non-hydrogen) atoms. The lowest BCUT2D eigenvalue weighted by Gasteiger charge is -2.28. The van der Waals surface area contributed by atoms with E-state index in [1.54, 1.807) is 12.3 Å². The Bertz CT molecular complexity index is 684. The van der Waals surface area contributed by atoms with Crippen molar-refractivity contribution in [1.29, 1.82) is 0 Å². The highest BCUT2D eigenvalue weighted by Gasteiger charge is 2.19. The van der Waals surface area contributed by atoms with Gasteiger partial charge in [-0.25, -0.2) is 0 Å². The summed E-state index contributed by atoms with van der Waals surface area (Å²) in [4.78, 5) is 2.03. The molecule has 1 fully saturated rings. The van der Waals surface area contributed by atoms with Crippen LogP contribution < -0.4 is 0 Å². The van der Waals surface area contributed by atoms with Crippen LogP contribution in [0.25, 0.3) is 0 Å². The summed E-state index contributed by atoms with van der Waals surface area (Å²) in [5, 5.41) is 9.89. The predicted molar refractivity (Wildman–Crippen MR) is 104 cm³/mol. The molecule has 4 rings (SSSR count). The summed E-state index contributed by atoms with van der Waals surface area (Å²) in [5.74, 6) is 0.247. The van der Waals surface area contributed by atoms with Crippen LogP contribution in [0.5, 0.6) is 0 Å². The molecule has 0 saturated heterocycles. The van der Waals surface area contributed by atoms with Crippen LogP contribution in [0.4, 0.5) is 0 Å². The van der Waals surface area contributed by atoms with Crippen LogP contribution in [0, 0.1) is 0 Å². The molecule has 2 nitrogen and oxygen atoms in total. The standard InChI is InChI=1S/C19H17NO.C4H8/c21-18-13-7-8-14-20(15-18)19(16-9-3-1-4-10-16)17-11-5-2-6-12-17;1-2-4-3-1/h1-15,19,21H;1-4H2. The Morgan fingerprint density at radius 1 is 0.720 bits per heavy atom. The fraction of sp³-hybridized carbons (Fsp3) is 0.217. The van der Waals surface area contributed by atoms with Crippen LogP contribution >= 0.6 is 0 Å². The minimum Gasteiger partial charge on any atom is -0.506 e. The van der Waals surface area contributed by atoms with Gasteiger partial charge in [-0.05, 0) is 23.3 Å². The summed E-state index contributed by atoms with van der Waals surface area (Å²) in [6.07, 6.45) is 15.2. The lowest BCUT2D eigenvalue weighted by Crippen LogP contribution is -2.19. The molecule has 0 unspecified atom stereocenters. The third-order valence-electron chi connectivity index (χ3n) is 4.45. The monoisotopic (exact) mass is 331 g/mol. The highest BCUT2D eigenvalue weighted by Crippen LogP contribution is 2.30. The molecular formula is C23H25NO. The van der Waals surface area contributed by atoms with Gasteiger partial charge < -0.3 is 10.0 Å². The Hall–Kier alpha value is -2.74. The van der Waals surface area contributed by atoms with Crippen LogP contribution in [-0.4, -0.2) is 10.0 Å². The normalized spacial score (nSPS) is 15.7. The largest absolute Gasteiger partial charge is 0.506 e. The SMILES string of the molecule is C1CCC1.OC1=CN(C(c2ccccc2)c2ccccc2)C=CC=C1. The van der Waals surface area contributed by atoms with E-state index in [9.17, 15) is 5.11 Å². The Labute approximate surface area is 150 Å². The van der Waals surface area contributed by atoms with E-state index in [1.165, 1.54) is 36.8 Å². The molecule has 1 aliphatic carbocycles. The third-order valence-corrected chi connectivity index (χ3v) is 4.45. The van der Waals surface area contributed by atoms with Crippen molar-refractivity contribution in [3.8, 4) is 0 Å². The molecule has 1 aliphatic heterocycles. The molecular weight excluding hydrogens is 306 g/mol. The molecule has 0 aromatic heterocycles. The van der Waals surface area contributed by atoms with Crippen molar-refractivity contribution in [2.24, 2.45) is 0 Å². The van der Waals surface area contributed by atoms with Gasteiger partial charge in [-0.15, -0.1) is 0 Å². The highest BCUT2D eigenvalue weighted by atomic mass is 16.3. The Kier molecular flexibility index (Phi) is 6.11. The third kappa shape index (κ3) is 4.87. The first-order chi connectivity index (χ1) is 12.3. The molecule has 0 spiro atoms. The molecule has 2 aromatic carbocycles. The van der Waals surface area contributed by atoms with E-state index in [0.717, 1.165) is 0 Å². The first kappa shape index (κ1) is 17.1. The zero-order valence-corrected chi connectivity index (χ0v) is 14.5. The first-order valence-corrected chi connectivity index (χ1v) is 8.97. The van der Waals surface area contributed by atoms with Crippen LogP contribution in [0.3, 0.4) is 0 Å². The van der Waals surface area contributed by atoms with E-state index in [4.69, 9.17) is 0 Å². The second-order valence-electron chi connectivity index (χ2n) is 6.34. The maximum atomic E-state index is 9.89. The fourth-order valence-corrected chi connectivity index (χ4v) is 2.76.